The molecule has 1 saturated carbocycles. The Kier molecular flexibility index (Phi) is 4.31. The van der Waals surface area contributed by atoms with Gasteiger partial charge in [-0.25, -0.2) is 0 Å². The lowest BCUT2D eigenvalue weighted by molar-refractivity contribution is -0.0407. The summed E-state index contributed by atoms with van der Waals surface area (Å²) in [7, 11) is 0. The van der Waals surface area contributed by atoms with Gasteiger partial charge in [-0.3, -0.25) is 0 Å². The molecular formula is C10H22N2O2. The fourth-order valence-electron chi connectivity index (χ4n) is 2.27. The number of aliphatic hydroxyl groups excluding tert-OH is 2. The van der Waals surface area contributed by atoms with E-state index in [1.807, 2.05) is 13.8 Å². The van der Waals surface area contributed by atoms with E-state index in [0.717, 1.165) is 6.54 Å². The van der Waals surface area contributed by atoms with Gasteiger partial charge in [0.25, 0.3) is 0 Å². The topological polar surface area (TPSA) is 78.5 Å². The number of rotatable bonds is 3. The lowest BCUT2D eigenvalue weighted by Gasteiger charge is -2.39. The van der Waals surface area contributed by atoms with E-state index in [2.05, 4.69) is 5.32 Å². The standard InChI is InChI=1S/C10H22N2O2/c1-3-12-8-5-10(14)9(13)4-7(8)6(2)11/h6-10,12-14H,3-5,11H2,1-2H3. The smallest absolute Gasteiger partial charge is 0.0814 e. The van der Waals surface area contributed by atoms with Crippen molar-refractivity contribution >= 4 is 0 Å². The summed E-state index contributed by atoms with van der Waals surface area (Å²) in [6.45, 7) is 4.87. The molecule has 0 aromatic carbocycles. The van der Waals surface area contributed by atoms with E-state index in [1.54, 1.807) is 0 Å². The molecular weight excluding hydrogens is 180 g/mol. The summed E-state index contributed by atoms with van der Waals surface area (Å²) in [5.41, 5.74) is 5.86. The molecule has 5 atom stereocenters. The SMILES string of the molecule is CCNC1CC(O)C(O)CC1C(C)N. The first kappa shape index (κ1) is 11.9. The minimum Gasteiger partial charge on any atom is -0.390 e. The fraction of sp³-hybridized carbons (Fsp3) is 1.00. The molecule has 0 aliphatic heterocycles. The molecule has 0 saturated heterocycles. The van der Waals surface area contributed by atoms with E-state index < -0.39 is 12.2 Å². The quantitative estimate of drug-likeness (QED) is 0.495. The summed E-state index contributed by atoms with van der Waals surface area (Å²) in [6.07, 6.45) is -0.0208. The number of nitrogens with one attached hydrogen (secondary N) is 1. The molecule has 0 heterocycles. The van der Waals surface area contributed by atoms with Crippen LogP contribution in [0.5, 0.6) is 0 Å². The predicted octanol–water partition coefficient (Wildman–Crippen LogP) is -0.556. The zero-order valence-electron chi connectivity index (χ0n) is 8.98. The number of hydrogen-bond acceptors (Lipinski definition) is 4. The van der Waals surface area contributed by atoms with E-state index in [1.165, 1.54) is 0 Å². The maximum Gasteiger partial charge on any atom is 0.0814 e. The van der Waals surface area contributed by atoms with Crippen LogP contribution in [0.4, 0.5) is 0 Å². The van der Waals surface area contributed by atoms with Crippen LogP contribution in [0.15, 0.2) is 0 Å². The summed E-state index contributed by atoms with van der Waals surface area (Å²) in [4.78, 5) is 0. The van der Waals surface area contributed by atoms with Crippen molar-refractivity contribution in [2.24, 2.45) is 11.7 Å². The van der Waals surface area contributed by atoms with Crippen LogP contribution in [0.3, 0.4) is 0 Å². The lowest BCUT2D eigenvalue weighted by atomic mass is 9.77. The van der Waals surface area contributed by atoms with Crippen molar-refractivity contribution in [2.45, 2.75) is 51.0 Å². The molecule has 5 unspecified atom stereocenters. The number of aliphatic hydroxyl groups is 2. The van der Waals surface area contributed by atoms with Gasteiger partial charge in [-0.15, -0.1) is 0 Å². The zero-order valence-corrected chi connectivity index (χ0v) is 8.98. The summed E-state index contributed by atoms with van der Waals surface area (Å²) >= 11 is 0. The molecule has 84 valence electrons. The third-order valence-electron chi connectivity index (χ3n) is 3.11. The third-order valence-corrected chi connectivity index (χ3v) is 3.11. The second-order valence-corrected chi connectivity index (χ2v) is 4.29. The Balaban J connectivity index is 2.60. The minimum atomic E-state index is -0.610. The Hall–Kier alpha value is -0.160. The Morgan fingerprint density at radius 3 is 2.43 bits per heavy atom. The zero-order chi connectivity index (χ0) is 10.7. The van der Waals surface area contributed by atoms with Crippen LogP contribution < -0.4 is 11.1 Å². The minimum absolute atomic E-state index is 0.0567. The van der Waals surface area contributed by atoms with Crippen molar-refractivity contribution in [3.05, 3.63) is 0 Å². The molecule has 5 N–H and O–H groups in total. The molecule has 4 heteroatoms. The van der Waals surface area contributed by atoms with Crippen LogP contribution in [0.1, 0.15) is 26.7 Å². The van der Waals surface area contributed by atoms with Gasteiger partial charge in [-0.2, -0.15) is 0 Å². The van der Waals surface area contributed by atoms with Gasteiger partial charge in [0.1, 0.15) is 0 Å². The van der Waals surface area contributed by atoms with Crippen molar-refractivity contribution in [1.29, 1.82) is 0 Å². The maximum absolute atomic E-state index is 9.55. The van der Waals surface area contributed by atoms with Gasteiger partial charge in [0, 0.05) is 12.1 Å². The molecule has 0 spiro atoms. The van der Waals surface area contributed by atoms with Crippen LogP contribution >= 0.6 is 0 Å². The molecule has 1 rings (SSSR count). The predicted molar refractivity (Wildman–Crippen MR) is 55.9 cm³/mol. The van der Waals surface area contributed by atoms with Crippen LogP contribution in [-0.4, -0.2) is 41.0 Å². The normalized spacial score (nSPS) is 40.9. The van der Waals surface area contributed by atoms with Crippen LogP contribution in [0, 0.1) is 5.92 Å². The van der Waals surface area contributed by atoms with Gasteiger partial charge < -0.3 is 21.3 Å². The third kappa shape index (κ3) is 2.67. The Morgan fingerprint density at radius 2 is 1.93 bits per heavy atom. The second-order valence-electron chi connectivity index (χ2n) is 4.29. The maximum atomic E-state index is 9.55. The highest BCUT2D eigenvalue weighted by Gasteiger charge is 2.36. The first-order valence-corrected chi connectivity index (χ1v) is 5.41. The molecule has 0 aromatic rings. The van der Waals surface area contributed by atoms with Gasteiger partial charge in [-0.05, 0) is 32.2 Å². The second kappa shape index (κ2) is 5.07. The Morgan fingerprint density at radius 1 is 1.36 bits per heavy atom. The van der Waals surface area contributed by atoms with E-state index in [9.17, 15) is 10.2 Å². The van der Waals surface area contributed by atoms with Gasteiger partial charge in [0.2, 0.25) is 0 Å². The highest BCUT2D eigenvalue weighted by Crippen LogP contribution is 2.27. The molecule has 1 aliphatic rings. The largest absolute Gasteiger partial charge is 0.390 e. The van der Waals surface area contributed by atoms with Gasteiger partial charge >= 0.3 is 0 Å². The molecule has 14 heavy (non-hydrogen) atoms. The Bertz CT molecular complexity index is 176. The number of hydrogen-bond donors (Lipinski definition) is 4. The molecule has 4 nitrogen and oxygen atoms in total. The van der Waals surface area contributed by atoms with E-state index in [-0.39, 0.29) is 18.0 Å². The molecule has 0 amide bonds. The summed E-state index contributed by atoms with van der Waals surface area (Å²) in [5.74, 6) is 0.258. The molecule has 0 aromatic heterocycles. The Labute approximate surface area is 85.5 Å². The summed E-state index contributed by atoms with van der Waals surface area (Å²) in [5, 5.41) is 22.4. The monoisotopic (exact) mass is 202 g/mol. The fourth-order valence-corrected chi connectivity index (χ4v) is 2.27. The highest BCUT2D eigenvalue weighted by atomic mass is 16.3. The van der Waals surface area contributed by atoms with Gasteiger partial charge in [0.05, 0.1) is 12.2 Å². The van der Waals surface area contributed by atoms with Crippen molar-refractivity contribution in [2.75, 3.05) is 6.54 Å². The molecule has 0 bridgehead atoms. The molecule has 1 aliphatic carbocycles. The van der Waals surface area contributed by atoms with Crippen LogP contribution in [0.2, 0.25) is 0 Å². The van der Waals surface area contributed by atoms with Gasteiger partial charge in [0.15, 0.2) is 0 Å². The average molecular weight is 202 g/mol. The van der Waals surface area contributed by atoms with Crippen LogP contribution in [0.25, 0.3) is 0 Å². The van der Waals surface area contributed by atoms with E-state index in [0.29, 0.717) is 12.8 Å². The highest BCUT2D eigenvalue weighted by molar-refractivity contribution is 4.92. The number of nitrogens with two attached hydrogens (primary N) is 1. The summed E-state index contributed by atoms with van der Waals surface area (Å²) < 4.78 is 0. The van der Waals surface area contributed by atoms with Crippen molar-refractivity contribution in [1.82, 2.24) is 5.32 Å². The molecule has 1 fully saturated rings. The van der Waals surface area contributed by atoms with Crippen molar-refractivity contribution < 1.29 is 10.2 Å². The van der Waals surface area contributed by atoms with Crippen molar-refractivity contribution in [3.8, 4) is 0 Å². The molecule has 0 radical (unpaired) electrons. The lowest BCUT2D eigenvalue weighted by Crippen LogP contribution is -2.53. The van der Waals surface area contributed by atoms with Crippen LogP contribution in [-0.2, 0) is 0 Å². The van der Waals surface area contributed by atoms with Crippen molar-refractivity contribution in [3.63, 3.8) is 0 Å². The first-order chi connectivity index (χ1) is 6.56. The first-order valence-electron chi connectivity index (χ1n) is 5.41. The van der Waals surface area contributed by atoms with Gasteiger partial charge in [-0.1, -0.05) is 6.92 Å². The average Bonchev–Trinajstić information content (AvgIpc) is 2.11. The van der Waals surface area contributed by atoms with E-state index >= 15 is 0 Å². The summed E-state index contributed by atoms with van der Waals surface area (Å²) in [6, 6.07) is 0.291. The van der Waals surface area contributed by atoms with E-state index in [4.69, 9.17) is 5.73 Å².